The second kappa shape index (κ2) is 6.54. The first-order valence-electron chi connectivity index (χ1n) is 5.11. The van der Waals surface area contributed by atoms with Crippen molar-refractivity contribution in [2.75, 3.05) is 11.9 Å². The quantitative estimate of drug-likeness (QED) is 0.146. The maximum absolute atomic E-state index is 12.3. The molecule has 0 aliphatic carbocycles. The fraction of sp³-hybridized carbons (Fsp3) is 0.222. The number of anilines is 1. The van der Waals surface area contributed by atoms with Crippen LogP contribution in [0.15, 0.2) is 12.1 Å². The Bertz CT molecular complexity index is 605. The summed E-state index contributed by atoms with van der Waals surface area (Å²) in [5, 5.41) is 12.8. The largest absolute Gasteiger partial charge is 0.545 e. The Morgan fingerprint density at radius 1 is 1.52 bits per heavy atom. The molecule has 0 saturated heterocycles. The molecular formula is C9H8ClF3N4O2S2. The zero-order valence-electron chi connectivity index (χ0n) is 10.0. The summed E-state index contributed by atoms with van der Waals surface area (Å²) in [7, 11) is 0. The smallest absolute Gasteiger partial charge is 0.405 e. The number of alkyl halides is 3. The molecule has 0 heterocycles. The molecule has 6 nitrogen and oxygen atoms in total. The minimum absolute atomic E-state index is 0.105. The summed E-state index contributed by atoms with van der Waals surface area (Å²) in [5.41, 5.74) is 4.26. The summed E-state index contributed by atoms with van der Waals surface area (Å²) < 4.78 is 37.6. The Labute approximate surface area is 133 Å². The first-order valence-corrected chi connectivity index (χ1v) is 6.25. The molecule has 1 aromatic carbocycles. The van der Waals surface area contributed by atoms with Crippen molar-refractivity contribution in [2.24, 2.45) is 5.73 Å². The number of nitrogens with zero attached hydrogens (tertiary/aromatic N) is 2. The molecule has 0 aliphatic heterocycles. The second-order valence-corrected chi connectivity index (χ2v) is 5.14. The van der Waals surface area contributed by atoms with Crippen LogP contribution in [0.25, 0.3) is 0 Å². The zero-order valence-corrected chi connectivity index (χ0v) is 12.5. The van der Waals surface area contributed by atoms with Crippen LogP contribution < -0.4 is 11.1 Å². The van der Waals surface area contributed by atoms with Crippen LogP contribution in [-0.2, 0) is 12.8 Å². The number of nitro benzene ring substituents is 1. The topological polar surface area (TPSA) is 84.2 Å². The Hall–Kier alpha value is -1.46. The van der Waals surface area contributed by atoms with Gasteiger partial charge in [0, 0.05) is 18.9 Å². The molecule has 21 heavy (non-hydrogen) atoms. The van der Waals surface area contributed by atoms with Crippen molar-refractivity contribution >= 4 is 54.4 Å². The Morgan fingerprint density at radius 3 is 2.52 bits per heavy atom. The average Bonchev–Trinajstić information content (AvgIpc) is 2.34. The van der Waals surface area contributed by atoms with E-state index in [0.29, 0.717) is 3.39 Å². The molecule has 12 heteroatoms. The highest BCUT2D eigenvalue weighted by molar-refractivity contribution is 7.79. The van der Waals surface area contributed by atoms with E-state index >= 15 is 0 Å². The van der Waals surface area contributed by atoms with Gasteiger partial charge in [0.15, 0.2) is 0 Å². The molecule has 0 bridgehead atoms. The normalized spacial score (nSPS) is 12.8. The molecule has 0 aromatic heterocycles. The van der Waals surface area contributed by atoms with Crippen LogP contribution in [0, 0.1) is 10.1 Å². The summed E-state index contributed by atoms with van der Waals surface area (Å²) in [5.74, 6) is -0.313. The van der Waals surface area contributed by atoms with Gasteiger partial charge in [0.25, 0.3) is 11.5 Å². The molecular weight excluding hydrogens is 353 g/mol. The third kappa shape index (κ3) is 4.51. The number of nitrogens with two attached hydrogens (primary N) is 1. The second-order valence-electron chi connectivity index (χ2n) is 3.70. The summed E-state index contributed by atoms with van der Waals surface area (Å²) in [6.07, 6.45) is -4.59. The molecule has 0 saturated carbocycles. The SMILES string of the molecule is N/C(c1c(Cl)ccc([N+](=O)[O-])c1NCC(F)(F)F)=[N+](/[S-])S. The maximum atomic E-state index is 12.3. The lowest BCUT2D eigenvalue weighted by Gasteiger charge is -2.15. The molecule has 0 unspecified atom stereocenters. The predicted octanol–water partition coefficient (Wildman–Crippen LogP) is 2.25. The van der Waals surface area contributed by atoms with E-state index in [2.05, 4.69) is 25.6 Å². The Kier molecular flexibility index (Phi) is 5.48. The molecule has 3 N–H and O–H groups in total. The number of thiol groups is 1. The summed E-state index contributed by atoms with van der Waals surface area (Å²) >= 11 is 14.2. The molecule has 1 rings (SSSR count). The number of nitro groups is 1. The first-order chi connectivity index (χ1) is 9.54. The van der Waals surface area contributed by atoms with Crippen molar-refractivity contribution in [3.05, 3.63) is 32.8 Å². The van der Waals surface area contributed by atoms with Gasteiger partial charge < -0.3 is 21.5 Å². The minimum Gasteiger partial charge on any atom is -0.545 e. The third-order valence-corrected chi connectivity index (χ3v) is 2.98. The lowest BCUT2D eigenvalue weighted by atomic mass is 10.1. The molecule has 0 radical (unpaired) electrons. The van der Waals surface area contributed by atoms with Gasteiger partial charge in [0.1, 0.15) is 17.8 Å². The fourth-order valence-electron chi connectivity index (χ4n) is 1.43. The Morgan fingerprint density at radius 2 is 2.10 bits per heavy atom. The van der Waals surface area contributed by atoms with E-state index in [-0.39, 0.29) is 16.4 Å². The zero-order chi connectivity index (χ0) is 16.4. The minimum atomic E-state index is -4.59. The third-order valence-electron chi connectivity index (χ3n) is 2.26. The summed E-state index contributed by atoms with van der Waals surface area (Å²) in [6, 6.07) is 2.09. The van der Waals surface area contributed by atoms with Gasteiger partial charge in [0.05, 0.1) is 9.95 Å². The van der Waals surface area contributed by atoms with Gasteiger partial charge >= 0.3 is 6.18 Å². The van der Waals surface area contributed by atoms with E-state index < -0.39 is 29.0 Å². The summed E-state index contributed by atoms with van der Waals surface area (Å²) in [6.45, 7) is -1.50. The fourth-order valence-corrected chi connectivity index (χ4v) is 1.88. The van der Waals surface area contributed by atoms with Crippen LogP contribution >= 0.6 is 24.4 Å². The lowest BCUT2D eigenvalue weighted by Crippen LogP contribution is -2.27. The monoisotopic (exact) mass is 360 g/mol. The van der Waals surface area contributed by atoms with Gasteiger partial charge in [0.2, 0.25) is 0 Å². The highest BCUT2D eigenvalue weighted by atomic mass is 35.5. The molecule has 0 aliphatic rings. The predicted molar refractivity (Wildman–Crippen MR) is 77.6 cm³/mol. The number of nitrogens with one attached hydrogen (secondary N) is 1. The number of rotatable bonds is 4. The molecule has 116 valence electrons. The van der Waals surface area contributed by atoms with Gasteiger partial charge in [-0.25, -0.2) is 0 Å². The molecule has 1 aromatic rings. The van der Waals surface area contributed by atoms with Crippen LogP contribution in [0.3, 0.4) is 0 Å². The first kappa shape index (κ1) is 17.6. The lowest BCUT2D eigenvalue weighted by molar-refractivity contribution is -0.384. The van der Waals surface area contributed by atoms with Gasteiger partial charge in [-0.2, -0.15) is 13.2 Å². The van der Waals surface area contributed by atoms with E-state index in [1.54, 1.807) is 0 Å². The molecule has 0 atom stereocenters. The van der Waals surface area contributed by atoms with E-state index in [0.717, 1.165) is 12.1 Å². The van der Waals surface area contributed by atoms with Crippen molar-refractivity contribution in [1.29, 1.82) is 0 Å². The van der Waals surface area contributed by atoms with Gasteiger partial charge in [-0.3, -0.25) is 15.8 Å². The summed E-state index contributed by atoms with van der Waals surface area (Å²) in [4.78, 5) is 10.1. The average molecular weight is 361 g/mol. The number of halogens is 4. The van der Waals surface area contributed by atoms with Crippen molar-refractivity contribution in [3.63, 3.8) is 0 Å². The van der Waals surface area contributed by atoms with Crippen LogP contribution in [-0.4, -0.2) is 26.9 Å². The van der Waals surface area contributed by atoms with Crippen molar-refractivity contribution < 1.29 is 21.5 Å². The van der Waals surface area contributed by atoms with Crippen LogP contribution in [0.5, 0.6) is 0 Å². The number of amidine groups is 1. The Balaban J connectivity index is 3.50. The van der Waals surface area contributed by atoms with E-state index in [9.17, 15) is 23.3 Å². The van der Waals surface area contributed by atoms with Gasteiger partial charge in [-0.15, -0.1) is 0 Å². The standard InChI is InChI=1S/C9H8ClF3N4O2S2/c10-4-1-2-5(16(18)19)7(15-3-9(11,12)13)6(4)8(14)17(20)21/h1-2,15H,3,14H2,(H,20,21). The van der Waals surface area contributed by atoms with E-state index in [4.69, 9.17) is 17.3 Å². The van der Waals surface area contributed by atoms with Crippen LogP contribution in [0.2, 0.25) is 5.02 Å². The van der Waals surface area contributed by atoms with Gasteiger partial charge in [-0.1, -0.05) is 11.6 Å². The van der Waals surface area contributed by atoms with E-state index in [1.165, 1.54) is 0 Å². The van der Waals surface area contributed by atoms with Gasteiger partial charge in [-0.05, 0) is 6.07 Å². The van der Waals surface area contributed by atoms with Crippen molar-refractivity contribution in [2.45, 2.75) is 6.18 Å². The molecule has 0 amide bonds. The molecule has 0 spiro atoms. The number of hydrogen-bond acceptors (Lipinski definition) is 5. The van der Waals surface area contributed by atoms with Crippen LogP contribution in [0.4, 0.5) is 24.5 Å². The highest BCUT2D eigenvalue weighted by Crippen LogP contribution is 2.34. The van der Waals surface area contributed by atoms with Crippen molar-refractivity contribution in [1.82, 2.24) is 0 Å². The van der Waals surface area contributed by atoms with E-state index in [1.807, 2.05) is 5.32 Å². The molecule has 0 fully saturated rings. The maximum Gasteiger partial charge on any atom is 0.405 e. The van der Waals surface area contributed by atoms with Crippen molar-refractivity contribution in [3.8, 4) is 0 Å². The number of benzene rings is 1. The highest BCUT2D eigenvalue weighted by Gasteiger charge is 2.31. The number of hydrogen-bond donors (Lipinski definition) is 3. The van der Waals surface area contributed by atoms with Crippen LogP contribution in [0.1, 0.15) is 5.56 Å².